The first kappa shape index (κ1) is 22.4. The average Bonchev–Trinajstić information content (AvgIpc) is 2.67. The summed E-state index contributed by atoms with van der Waals surface area (Å²) in [7, 11) is -1.76. The molecule has 0 bridgehead atoms. The lowest BCUT2D eigenvalue weighted by molar-refractivity contribution is -0.118. The highest BCUT2D eigenvalue weighted by Crippen LogP contribution is 2.17. The molecule has 2 rings (SSSR count). The van der Waals surface area contributed by atoms with Gasteiger partial charge in [-0.1, -0.05) is 24.3 Å². The average molecular weight is 420 g/mol. The highest BCUT2D eigenvalue weighted by molar-refractivity contribution is 7.88. The lowest BCUT2D eigenvalue weighted by atomic mass is 10.2. The Morgan fingerprint density at radius 1 is 1.07 bits per heavy atom. The first-order chi connectivity index (χ1) is 13.7. The van der Waals surface area contributed by atoms with Gasteiger partial charge in [-0.2, -0.15) is 0 Å². The second-order valence-electron chi connectivity index (χ2n) is 6.27. The molecule has 0 fully saturated rings. The Labute approximate surface area is 170 Å². The van der Waals surface area contributed by atoms with Crippen LogP contribution in [-0.2, 0) is 26.1 Å². The molecular weight excluding hydrogens is 396 g/mol. The molecule has 0 saturated carbocycles. The monoisotopic (exact) mass is 420 g/mol. The molecule has 0 aliphatic carbocycles. The van der Waals surface area contributed by atoms with Gasteiger partial charge in [0, 0.05) is 13.6 Å². The molecule has 0 aliphatic heterocycles. The fourth-order valence-electron chi connectivity index (χ4n) is 2.38. The normalized spacial score (nSPS) is 11.2. The quantitative estimate of drug-likeness (QED) is 0.625. The van der Waals surface area contributed by atoms with Crippen LogP contribution in [0.2, 0.25) is 0 Å². The van der Waals surface area contributed by atoms with E-state index in [9.17, 15) is 18.0 Å². The van der Waals surface area contributed by atoms with Crippen LogP contribution in [0, 0.1) is 0 Å². The van der Waals surface area contributed by atoms with E-state index in [1.54, 1.807) is 55.5 Å². The summed E-state index contributed by atoms with van der Waals surface area (Å²) in [4.78, 5) is 24.1. The first-order valence-electron chi connectivity index (χ1n) is 8.89. The minimum atomic E-state index is -3.26. The molecule has 9 heteroatoms. The van der Waals surface area contributed by atoms with Crippen LogP contribution < -0.4 is 10.1 Å². The van der Waals surface area contributed by atoms with Crippen LogP contribution in [0.4, 0.5) is 5.69 Å². The molecule has 156 valence electrons. The van der Waals surface area contributed by atoms with Gasteiger partial charge in [0.15, 0.2) is 6.61 Å². The van der Waals surface area contributed by atoms with E-state index in [1.165, 1.54) is 11.4 Å². The van der Waals surface area contributed by atoms with Crippen LogP contribution >= 0.6 is 0 Å². The Morgan fingerprint density at radius 3 is 2.34 bits per heavy atom. The highest BCUT2D eigenvalue weighted by atomic mass is 32.2. The maximum absolute atomic E-state index is 12.2. The SMILES string of the molecule is CCOC(=O)c1ccccc1NC(=O)COc1ccc(CN(C)S(C)(=O)=O)cc1. The van der Waals surface area contributed by atoms with E-state index in [1.807, 2.05) is 0 Å². The van der Waals surface area contributed by atoms with Gasteiger partial charge in [0.05, 0.1) is 24.1 Å². The summed E-state index contributed by atoms with van der Waals surface area (Å²) in [5.74, 6) is -0.480. The van der Waals surface area contributed by atoms with Gasteiger partial charge in [-0.25, -0.2) is 17.5 Å². The fraction of sp³-hybridized carbons (Fsp3) is 0.300. The summed E-state index contributed by atoms with van der Waals surface area (Å²) < 4.78 is 34.6. The van der Waals surface area contributed by atoms with E-state index < -0.39 is 21.9 Å². The Morgan fingerprint density at radius 2 is 1.72 bits per heavy atom. The third-order valence-corrected chi connectivity index (χ3v) is 5.22. The number of sulfonamides is 1. The van der Waals surface area contributed by atoms with E-state index in [0.717, 1.165) is 11.8 Å². The number of nitrogens with one attached hydrogen (secondary N) is 1. The summed E-state index contributed by atoms with van der Waals surface area (Å²) >= 11 is 0. The maximum atomic E-state index is 12.2. The number of para-hydroxylation sites is 1. The van der Waals surface area contributed by atoms with Gasteiger partial charge in [-0.15, -0.1) is 0 Å². The van der Waals surface area contributed by atoms with Crippen LogP contribution in [-0.4, -0.2) is 51.1 Å². The summed E-state index contributed by atoms with van der Waals surface area (Å²) in [6, 6.07) is 13.3. The van der Waals surface area contributed by atoms with Crippen molar-refractivity contribution in [1.82, 2.24) is 4.31 Å². The molecule has 0 atom stereocenters. The van der Waals surface area contributed by atoms with Gasteiger partial charge in [0.2, 0.25) is 10.0 Å². The number of hydrogen-bond donors (Lipinski definition) is 1. The predicted molar refractivity (Wildman–Crippen MR) is 109 cm³/mol. The Kier molecular flexibility index (Phi) is 7.74. The molecule has 0 radical (unpaired) electrons. The minimum Gasteiger partial charge on any atom is -0.484 e. The van der Waals surface area contributed by atoms with Gasteiger partial charge in [-0.05, 0) is 36.8 Å². The van der Waals surface area contributed by atoms with Crippen LogP contribution in [0.25, 0.3) is 0 Å². The minimum absolute atomic E-state index is 0.236. The molecule has 0 aromatic heterocycles. The standard InChI is InChI=1S/C20H24N2O6S/c1-4-27-20(24)17-7-5-6-8-18(17)21-19(23)14-28-16-11-9-15(10-12-16)13-22(2)29(3,25)26/h5-12H,4,13-14H2,1-3H3,(H,21,23). The second-order valence-corrected chi connectivity index (χ2v) is 8.36. The van der Waals surface area contributed by atoms with E-state index in [2.05, 4.69) is 5.32 Å². The predicted octanol–water partition coefficient (Wildman–Crippen LogP) is 2.27. The largest absolute Gasteiger partial charge is 0.484 e. The highest BCUT2D eigenvalue weighted by Gasteiger charge is 2.14. The molecule has 0 saturated heterocycles. The van der Waals surface area contributed by atoms with Crippen molar-refractivity contribution in [1.29, 1.82) is 0 Å². The van der Waals surface area contributed by atoms with Crippen molar-refractivity contribution in [3.05, 3.63) is 59.7 Å². The Balaban J connectivity index is 1.92. The number of anilines is 1. The maximum Gasteiger partial charge on any atom is 0.340 e. The lowest BCUT2D eigenvalue weighted by Gasteiger charge is -2.14. The van der Waals surface area contributed by atoms with Crippen molar-refractivity contribution in [2.24, 2.45) is 0 Å². The van der Waals surface area contributed by atoms with Gasteiger partial charge < -0.3 is 14.8 Å². The lowest BCUT2D eigenvalue weighted by Crippen LogP contribution is -2.24. The van der Waals surface area contributed by atoms with Crippen LogP contribution in [0.1, 0.15) is 22.8 Å². The molecule has 1 amide bonds. The van der Waals surface area contributed by atoms with E-state index >= 15 is 0 Å². The number of amides is 1. The number of benzene rings is 2. The van der Waals surface area contributed by atoms with E-state index in [-0.39, 0.29) is 25.3 Å². The van der Waals surface area contributed by atoms with Gasteiger partial charge >= 0.3 is 5.97 Å². The fourth-order valence-corrected chi connectivity index (χ4v) is 2.76. The number of nitrogens with zero attached hydrogens (tertiary/aromatic N) is 1. The van der Waals surface area contributed by atoms with E-state index in [4.69, 9.17) is 9.47 Å². The molecule has 0 unspecified atom stereocenters. The third kappa shape index (κ3) is 6.88. The Hall–Kier alpha value is -2.91. The smallest absolute Gasteiger partial charge is 0.340 e. The topological polar surface area (TPSA) is 102 Å². The van der Waals surface area contributed by atoms with Gasteiger partial charge in [-0.3, -0.25) is 4.79 Å². The van der Waals surface area contributed by atoms with Crippen molar-refractivity contribution in [3.63, 3.8) is 0 Å². The second kappa shape index (κ2) is 10.0. The number of ether oxygens (including phenoxy) is 2. The van der Waals surface area contributed by atoms with Crippen molar-refractivity contribution >= 4 is 27.6 Å². The summed E-state index contributed by atoms with van der Waals surface area (Å²) in [6.07, 6.45) is 1.14. The van der Waals surface area contributed by atoms with Crippen molar-refractivity contribution in [3.8, 4) is 5.75 Å². The zero-order chi connectivity index (χ0) is 21.4. The van der Waals surface area contributed by atoms with Crippen molar-refractivity contribution in [2.45, 2.75) is 13.5 Å². The van der Waals surface area contributed by atoms with Gasteiger partial charge in [0.25, 0.3) is 5.91 Å². The summed E-state index contributed by atoms with van der Waals surface area (Å²) in [6.45, 7) is 1.93. The van der Waals surface area contributed by atoms with Crippen LogP contribution in [0.5, 0.6) is 5.75 Å². The molecule has 8 nitrogen and oxygen atoms in total. The molecule has 0 heterocycles. The zero-order valence-corrected chi connectivity index (χ0v) is 17.4. The number of esters is 1. The molecule has 0 spiro atoms. The molecule has 2 aromatic carbocycles. The summed E-state index contributed by atoms with van der Waals surface area (Å²) in [5.41, 5.74) is 1.40. The van der Waals surface area contributed by atoms with E-state index in [0.29, 0.717) is 11.4 Å². The third-order valence-electron chi connectivity index (χ3n) is 3.96. The number of hydrogen-bond acceptors (Lipinski definition) is 6. The number of carbonyl (C=O) groups excluding carboxylic acids is 2. The molecular formula is C20H24N2O6S. The molecule has 0 aliphatic rings. The molecule has 2 aromatic rings. The van der Waals surface area contributed by atoms with Crippen LogP contribution in [0.15, 0.2) is 48.5 Å². The molecule has 1 N–H and O–H groups in total. The van der Waals surface area contributed by atoms with Gasteiger partial charge in [0.1, 0.15) is 5.75 Å². The summed E-state index contributed by atoms with van der Waals surface area (Å²) in [5, 5.41) is 2.64. The van der Waals surface area contributed by atoms with Crippen molar-refractivity contribution in [2.75, 3.05) is 31.8 Å². The number of carbonyl (C=O) groups is 2. The Bertz CT molecular complexity index is 957. The number of rotatable bonds is 9. The zero-order valence-electron chi connectivity index (χ0n) is 16.5. The first-order valence-corrected chi connectivity index (χ1v) is 10.7. The van der Waals surface area contributed by atoms with Crippen molar-refractivity contribution < 1.29 is 27.5 Å². The molecule has 29 heavy (non-hydrogen) atoms. The van der Waals surface area contributed by atoms with Crippen LogP contribution in [0.3, 0.4) is 0 Å².